The average molecular weight is 541 g/mol. The molecular weight excluding hydrogens is 510 g/mol. The number of ether oxygens (including phenoxy) is 1. The summed E-state index contributed by atoms with van der Waals surface area (Å²) >= 11 is 0. The molecule has 2 aliphatic heterocycles. The normalized spacial score (nSPS) is 21.6. The molecule has 0 radical (unpaired) electrons. The Labute approximate surface area is 217 Å². The maximum absolute atomic E-state index is 15.6. The van der Waals surface area contributed by atoms with Crippen molar-refractivity contribution in [2.45, 2.75) is 44.4 Å². The van der Waals surface area contributed by atoms with Gasteiger partial charge in [0.2, 0.25) is 0 Å². The zero-order valence-electron chi connectivity index (χ0n) is 21.3. The van der Waals surface area contributed by atoms with Gasteiger partial charge < -0.3 is 4.74 Å². The summed E-state index contributed by atoms with van der Waals surface area (Å²) in [6.45, 7) is 1.70. The Morgan fingerprint density at radius 1 is 1.16 bits per heavy atom. The molecule has 4 nitrogen and oxygen atoms in total. The number of carbonyl (C=O) groups excluding carboxylic acids is 1. The molecule has 0 unspecified atom stereocenters. The van der Waals surface area contributed by atoms with Crippen molar-refractivity contribution in [1.82, 2.24) is 9.80 Å². The molecule has 2 aromatic rings. The van der Waals surface area contributed by atoms with Crippen LogP contribution in [0.15, 0.2) is 35.9 Å². The van der Waals surface area contributed by atoms with E-state index < -0.39 is 54.6 Å². The number of esters is 1. The van der Waals surface area contributed by atoms with Gasteiger partial charge in [-0.3, -0.25) is 14.2 Å². The van der Waals surface area contributed by atoms with Crippen molar-refractivity contribution in [3.8, 4) is 0 Å². The first-order valence-corrected chi connectivity index (χ1v) is 12.5. The number of alkyl halides is 4. The number of hydrogen-bond acceptors (Lipinski definition) is 4. The van der Waals surface area contributed by atoms with Gasteiger partial charge in [0.05, 0.1) is 31.9 Å². The van der Waals surface area contributed by atoms with E-state index in [9.17, 15) is 22.4 Å². The fourth-order valence-corrected chi connectivity index (χ4v) is 5.46. The fourth-order valence-electron chi connectivity index (χ4n) is 5.46. The molecule has 0 spiro atoms. The predicted octanol–water partition coefficient (Wildman–Crippen LogP) is 6.10. The number of carbonyl (C=O) groups is 1. The van der Waals surface area contributed by atoms with Gasteiger partial charge in [-0.25, -0.2) is 13.6 Å². The third kappa shape index (κ3) is 6.23. The Kier molecular flexibility index (Phi) is 8.52. The van der Waals surface area contributed by atoms with Crippen molar-refractivity contribution in [3.63, 3.8) is 0 Å². The van der Waals surface area contributed by atoms with E-state index in [0.29, 0.717) is 37.1 Å². The Balaban J connectivity index is 1.73. The Morgan fingerprint density at radius 2 is 1.87 bits per heavy atom. The molecule has 2 atom stereocenters. The maximum atomic E-state index is 15.6. The predicted molar refractivity (Wildman–Crippen MR) is 132 cm³/mol. The molecule has 2 aromatic carbocycles. The van der Waals surface area contributed by atoms with Gasteiger partial charge in [0, 0.05) is 31.2 Å². The molecule has 4 rings (SSSR count). The lowest BCUT2D eigenvalue weighted by Crippen LogP contribution is -2.47. The molecule has 2 heterocycles. The van der Waals surface area contributed by atoms with E-state index in [-0.39, 0.29) is 17.5 Å². The number of nitrogens with zero attached hydrogens (tertiary/aromatic N) is 2. The molecule has 0 N–H and O–H groups in total. The Morgan fingerprint density at radius 3 is 2.50 bits per heavy atom. The molecule has 0 aliphatic carbocycles. The third-order valence-corrected chi connectivity index (χ3v) is 7.16. The van der Waals surface area contributed by atoms with Crippen LogP contribution in [0, 0.1) is 11.6 Å². The minimum Gasteiger partial charge on any atom is -0.465 e. The molecule has 0 saturated carbocycles. The van der Waals surface area contributed by atoms with Gasteiger partial charge in [0.25, 0.3) is 0 Å². The summed E-state index contributed by atoms with van der Waals surface area (Å²) < 4.78 is 89.1. The molecule has 0 aromatic heterocycles. The van der Waals surface area contributed by atoms with Gasteiger partial charge in [-0.15, -0.1) is 0 Å². The molecule has 0 bridgehead atoms. The standard InChI is InChI=1S/C28H30F6N2O2/c1-17-10-21-14-20(27(37)38-2)4-5-22(21)26(36(17)16-28(32,33)34)25-23(30)12-19(13-24(25)31)11-18-6-9-35(15-18)8-3-7-29/h4-5,11-14,17,26H,3,6-10,15-16H2,1-2H3/t17-,26+/m1/s1. The highest BCUT2D eigenvalue weighted by Gasteiger charge is 2.42. The Bertz CT molecular complexity index is 1190. The second kappa shape index (κ2) is 11.5. The minimum absolute atomic E-state index is 0.166. The number of halogens is 6. The van der Waals surface area contributed by atoms with Crippen molar-refractivity contribution < 1.29 is 35.9 Å². The minimum atomic E-state index is -4.59. The number of likely N-dealkylation sites (tertiary alicyclic amines) is 1. The van der Waals surface area contributed by atoms with Gasteiger partial charge in [0.1, 0.15) is 11.6 Å². The lowest BCUT2D eigenvalue weighted by Gasteiger charge is -2.42. The van der Waals surface area contributed by atoms with E-state index in [0.717, 1.165) is 29.2 Å². The van der Waals surface area contributed by atoms with Crippen LogP contribution in [0.25, 0.3) is 6.08 Å². The van der Waals surface area contributed by atoms with Crippen molar-refractivity contribution in [2.24, 2.45) is 0 Å². The summed E-state index contributed by atoms with van der Waals surface area (Å²) in [5, 5.41) is 0. The number of fused-ring (bicyclic) bond motifs is 1. The summed E-state index contributed by atoms with van der Waals surface area (Å²) in [5.41, 5.74) is 1.81. The summed E-state index contributed by atoms with van der Waals surface area (Å²) in [6, 6.07) is 4.58. The third-order valence-electron chi connectivity index (χ3n) is 7.16. The highest BCUT2D eigenvalue weighted by atomic mass is 19.4. The lowest BCUT2D eigenvalue weighted by molar-refractivity contribution is -0.155. The molecule has 1 fully saturated rings. The topological polar surface area (TPSA) is 32.8 Å². The Hall–Kier alpha value is -2.85. The van der Waals surface area contributed by atoms with Crippen molar-refractivity contribution in [2.75, 3.05) is 40.0 Å². The first-order valence-electron chi connectivity index (χ1n) is 12.5. The van der Waals surface area contributed by atoms with Crippen LogP contribution in [-0.4, -0.2) is 68.0 Å². The molecule has 38 heavy (non-hydrogen) atoms. The molecule has 206 valence electrons. The number of methoxy groups -OCH3 is 1. The first kappa shape index (κ1) is 28.2. The summed E-state index contributed by atoms with van der Waals surface area (Å²) in [6.07, 6.45) is -1.64. The SMILES string of the molecule is COC(=O)c1ccc2c(c1)C[C@@H](C)N(CC(F)(F)F)[C@@H]2c1c(F)cc(C=C2CCN(CCCF)C2)cc1F. The van der Waals surface area contributed by atoms with Crippen LogP contribution in [0.5, 0.6) is 0 Å². The van der Waals surface area contributed by atoms with Crippen LogP contribution in [0.1, 0.15) is 58.4 Å². The number of hydrogen-bond donors (Lipinski definition) is 0. The van der Waals surface area contributed by atoms with E-state index in [4.69, 9.17) is 4.74 Å². The van der Waals surface area contributed by atoms with Crippen LogP contribution < -0.4 is 0 Å². The fraction of sp³-hybridized carbons (Fsp3) is 0.464. The van der Waals surface area contributed by atoms with Crippen LogP contribution in [0.3, 0.4) is 0 Å². The van der Waals surface area contributed by atoms with E-state index in [2.05, 4.69) is 4.90 Å². The van der Waals surface area contributed by atoms with Gasteiger partial charge in [-0.1, -0.05) is 17.7 Å². The average Bonchev–Trinajstić information content (AvgIpc) is 3.29. The highest BCUT2D eigenvalue weighted by Crippen LogP contribution is 2.42. The number of rotatable bonds is 7. The summed E-state index contributed by atoms with van der Waals surface area (Å²) in [7, 11) is 1.22. The van der Waals surface area contributed by atoms with Gasteiger partial charge in [0.15, 0.2) is 0 Å². The molecular formula is C28H30F6N2O2. The van der Waals surface area contributed by atoms with E-state index >= 15 is 8.78 Å². The van der Waals surface area contributed by atoms with E-state index in [1.807, 2.05) is 0 Å². The van der Waals surface area contributed by atoms with Crippen molar-refractivity contribution in [1.29, 1.82) is 0 Å². The van der Waals surface area contributed by atoms with E-state index in [1.165, 1.54) is 25.3 Å². The quantitative estimate of drug-likeness (QED) is 0.314. The second-order valence-electron chi connectivity index (χ2n) is 9.92. The second-order valence-corrected chi connectivity index (χ2v) is 9.92. The highest BCUT2D eigenvalue weighted by molar-refractivity contribution is 5.89. The molecule has 1 saturated heterocycles. The van der Waals surface area contributed by atoms with Crippen LogP contribution >= 0.6 is 0 Å². The smallest absolute Gasteiger partial charge is 0.401 e. The van der Waals surface area contributed by atoms with Crippen LogP contribution in [0.4, 0.5) is 26.3 Å². The van der Waals surface area contributed by atoms with Crippen molar-refractivity contribution in [3.05, 3.63) is 75.4 Å². The molecule has 10 heteroatoms. The maximum Gasteiger partial charge on any atom is 0.401 e. The number of benzene rings is 2. The molecule has 0 amide bonds. The van der Waals surface area contributed by atoms with Gasteiger partial charge in [-0.05, 0) is 67.1 Å². The van der Waals surface area contributed by atoms with Crippen LogP contribution in [-0.2, 0) is 11.2 Å². The van der Waals surface area contributed by atoms with Crippen LogP contribution in [0.2, 0.25) is 0 Å². The zero-order valence-corrected chi connectivity index (χ0v) is 21.3. The largest absolute Gasteiger partial charge is 0.465 e. The van der Waals surface area contributed by atoms with E-state index in [1.54, 1.807) is 13.0 Å². The van der Waals surface area contributed by atoms with Crippen molar-refractivity contribution >= 4 is 12.0 Å². The van der Waals surface area contributed by atoms with Gasteiger partial charge >= 0.3 is 12.1 Å². The van der Waals surface area contributed by atoms with Gasteiger partial charge in [-0.2, -0.15) is 13.2 Å². The summed E-state index contributed by atoms with van der Waals surface area (Å²) in [4.78, 5) is 15.1. The molecule has 2 aliphatic rings. The monoisotopic (exact) mass is 540 g/mol. The zero-order chi connectivity index (χ0) is 27.6. The lowest BCUT2D eigenvalue weighted by atomic mass is 9.83. The summed E-state index contributed by atoms with van der Waals surface area (Å²) in [5.74, 6) is -2.50. The first-order chi connectivity index (χ1) is 18.0.